The fourth-order valence-electron chi connectivity index (χ4n) is 1.77. The van der Waals surface area contributed by atoms with Crippen LogP contribution < -0.4 is 0 Å². The summed E-state index contributed by atoms with van der Waals surface area (Å²) in [6.07, 6.45) is 7.76. The van der Waals surface area contributed by atoms with Gasteiger partial charge in [0.1, 0.15) is 0 Å². The van der Waals surface area contributed by atoms with Crippen LogP contribution in [0.5, 0.6) is 0 Å². The average Bonchev–Trinajstić information content (AvgIpc) is 2.75. The fraction of sp³-hybridized carbons (Fsp3) is 0.917. The van der Waals surface area contributed by atoms with Gasteiger partial charge in [0.15, 0.2) is 0 Å². The third-order valence-corrected chi connectivity index (χ3v) is 2.69. The highest BCUT2D eigenvalue weighted by Crippen LogP contribution is 2.15. The zero-order valence-corrected chi connectivity index (χ0v) is 9.41. The maximum atomic E-state index is 8.33. The molecule has 1 heterocycles. The second-order valence-corrected chi connectivity index (χ2v) is 4.00. The number of nitrogens with zero attached hydrogens (tertiary/aromatic N) is 1. The molecule has 0 aromatic carbocycles. The molecule has 1 saturated heterocycles. The van der Waals surface area contributed by atoms with Gasteiger partial charge in [-0.2, -0.15) is 5.26 Å². The molecular weight excluding hydrogens is 190 g/mol. The minimum atomic E-state index is 0.448. The second kappa shape index (κ2) is 8.70. The first-order valence-electron chi connectivity index (χ1n) is 6.00. The van der Waals surface area contributed by atoms with Gasteiger partial charge in [-0.25, -0.2) is 0 Å². The van der Waals surface area contributed by atoms with Crippen molar-refractivity contribution >= 4 is 0 Å². The Hall–Kier alpha value is -0.590. The minimum Gasteiger partial charge on any atom is -0.381 e. The standard InChI is InChI=1S/C12H21NO2/c13-8-3-1-2-4-9-14-11-7-12-6-5-10-15-12/h12H,1-7,9-11H2. The SMILES string of the molecule is N#CCCCCCOCCC1CCCO1. The predicted octanol–water partition coefficient (Wildman–Crippen LogP) is 2.66. The topological polar surface area (TPSA) is 42.2 Å². The minimum absolute atomic E-state index is 0.448. The van der Waals surface area contributed by atoms with E-state index in [1.54, 1.807) is 0 Å². The highest BCUT2D eigenvalue weighted by molar-refractivity contribution is 4.67. The van der Waals surface area contributed by atoms with Crippen LogP contribution in [0.4, 0.5) is 0 Å². The third-order valence-electron chi connectivity index (χ3n) is 2.69. The monoisotopic (exact) mass is 211 g/mol. The Balaban J connectivity index is 1.75. The summed E-state index contributed by atoms with van der Waals surface area (Å²) in [5.74, 6) is 0. The molecule has 15 heavy (non-hydrogen) atoms. The molecule has 0 saturated carbocycles. The summed E-state index contributed by atoms with van der Waals surface area (Å²) < 4.78 is 11.0. The Morgan fingerprint density at radius 3 is 2.93 bits per heavy atom. The van der Waals surface area contributed by atoms with Gasteiger partial charge < -0.3 is 9.47 Å². The molecule has 3 nitrogen and oxygen atoms in total. The Morgan fingerprint density at radius 1 is 1.27 bits per heavy atom. The highest BCUT2D eigenvalue weighted by Gasteiger charge is 2.14. The van der Waals surface area contributed by atoms with Crippen molar-refractivity contribution in [1.82, 2.24) is 0 Å². The van der Waals surface area contributed by atoms with Gasteiger partial charge in [0.2, 0.25) is 0 Å². The van der Waals surface area contributed by atoms with Gasteiger partial charge in [0.05, 0.1) is 12.2 Å². The summed E-state index contributed by atoms with van der Waals surface area (Å²) in [7, 11) is 0. The van der Waals surface area contributed by atoms with E-state index in [1.165, 1.54) is 12.8 Å². The lowest BCUT2D eigenvalue weighted by Gasteiger charge is -2.09. The van der Waals surface area contributed by atoms with E-state index in [4.69, 9.17) is 14.7 Å². The van der Waals surface area contributed by atoms with Crippen LogP contribution in [0.2, 0.25) is 0 Å². The van der Waals surface area contributed by atoms with E-state index in [-0.39, 0.29) is 0 Å². The molecule has 86 valence electrons. The molecule has 1 atom stereocenters. The number of hydrogen-bond donors (Lipinski definition) is 0. The van der Waals surface area contributed by atoms with Crippen LogP contribution in [0, 0.1) is 11.3 Å². The number of hydrogen-bond acceptors (Lipinski definition) is 3. The lowest BCUT2D eigenvalue weighted by Crippen LogP contribution is -2.09. The van der Waals surface area contributed by atoms with Gasteiger partial charge >= 0.3 is 0 Å². The van der Waals surface area contributed by atoms with Crippen molar-refractivity contribution < 1.29 is 9.47 Å². The Labute approximate surface area is 92.4 Å². The zero-order valence-electron chi connectivity index (χ0n) is 9.41. The highest BCUT2D eigenvalue weighted by atomic mass is 16.5. The van der Waals surface area contributed by atoms with Crippen molar-refractivity contribution in [2.75, 3.05) is 19.8 Å². The van der Waals surface area contributed by atoms with Gasteiger partial charge in [-0.1, -0.05) is 6.42 Å². The molecule has 0 amide bonds. The van der Waals surface area contributed by atoms with E-state index in [2.05, 4.69) is 6.07 Å². The summed E-state index contributed by atoms with van der Waals surface area (Å²) in [6, 6.07) is 2.15. The van der Waals surface area contributed by atoms with Crippen molar-refractivity contribution in [3.8, 4) is 6.07 Å². The lowest BCUT2D eigenvalue weighted by molar-refractivity contribution is 0.0582. The summed E-state index contributed by atoms with van der Waals surface area (Å²) in [5.41, 5.74) is 0. The Morgan fingerprint density at radius 2 is 2.20 bits per heavy atom. The Bertz CT molecular complexity index is 183. The van der Waals surface area contributed by atoms with Gasteiger partial charge in [-0.3, -0.25) is 0 Å². The molecule has 0 radical (unpaired) electrons. The molecule has 0 aromatic heterocycles. The lowest BCUT2D eigenvalue weighted by atomic mass is 10.2. The maximum absolute atomic E-state index is 8.33. The molecule has 0 bridgehead atoms. The molecule has 1 unspecified atom stereocenters. The van der Waals surface area contributed by atoms with E-state index in [9.17, 15) is 0 Å². The van der Waals surface area contributed by atoms with Crippen LogP contribution in [-0.2, 0) is 9.47 Å². The van der Waals surface area contributed by atoms with E-state index in [1.807, 2.05) is 0 Å². The number of rotatable bonds is 8. The number of ether oxygens (including phenoxy) is 2. The molecule has 0 aromatic rings. The average molecular weight is 211 g/mol. The van der Waals surface area contributed by atoms with E-state index < -0.39 is 0 Å². The summed E-state index contributed by atoms with van der Waals surface area (Å²) in [5, 5.41) is 8.33. The number of nitriles is 1. The normalized spacial score (nSPS) is 20.3. The van der Waals surface area contributed by atoms with Crippen LogP contribution in [-0.4, -0.2) is 25.9 Å². The molecular formula is C12H21NO2. The largest absolute Gasteiger partial charge is 0.381 e. The second-order valence-electron chi connectivity index (χ2n) is 4.00. The van der Waals surface area contributed by atoms with Crippen LogP contribution in [0.25, 0.3) is 0 Å². The fourth-order valence-corrected chi connectivity index (χ4v) is 1.77. The molecule has 3 heteroatoms. The van der Waals surface area contributed by atoms with Gasteiger partial charge in [-0.05, 0) is 32.1 Å². The van der Waals surface area contributed by atoms with Crippen molar-refractivity contribution in [3.63, 3.8) is 0 Å². The number of unbranched alkanes of at least 4 members (excludes halogenated alkanes) is 3. The summed E-state index contributed by atoms with van der Waals surface area (Å²) >= 11 is 0. The quantitative estimate of drug-likeness (QED) is 0.580. The van der Waals surface area contributed by atoms with Crippen molar-refractivity contribution in [2.45, 2.75) is 51.0 Å². The molecule has 1 rings (SSSR count). The van der Waals surface area contributed by atoms with E-state index in [0.717, 1.165) is 45.5 Å². The first-order valence-corrected chi connectivity index (χ1v) is 6.00. The Kier molecular flexibility index (Phi) is 7.24. The van der Waals surface area contributed by atoms with E-state index >= 15 is 0 Å². The van der Waals surface area contributed by atoms with Crippen molar-refractivity contribution in [3.05, 3.63) is 0 Å². The van der Waals surface area contributed by atoms with Crippen LogP contribution in [0.15, 0.2) is 0 Å². The van der Waals surface area contributed by atoms with Crippen molar-refractivity contribution in [1.29, 1.82) is 5.26 Å². The summed E-state index contributed by atoms with van der Waals surface area (Å²) in [6.45, 7) is 2.58. The maximum Gasteiger partial charge on any atom is 0.0621 e. The smallest absolute Gasteiger partial charge is 0.0621 e. The van der Waals surface area contributed by atoms with Crippen molar-refractivity contribution in [2.24, 2.45) is 0 Å². The first-order chi connectivity index (χ1) is 7.43. The van der Waals surface area contributed by atoms with Crippen LogP contribution in [0.1, 0.15) is 44.9 Å². The predicted molar refractivity (Wildman–Crippen MR) is 58.5 cm³/mol. The molecule has 1 fully saturated rings. The van der Waals surface area contributed by atoms with Gasteiger partial charge in [0, 0.05) is 26.2 Å². The molecule has 1 aliphatic heterocycles. The summed E-state index contributed by atoms with van der Waals surface area (Å²) in [4.78, 5) is 0. The molecule has 1 aliphatic rings. The van der Waals surface area contributed by atoms with Crippen LogP contribution in [0.3, 0.4) is 0 Å². The van der Waals surface area contributed by atoms with E-state index in [0.29, 0.717) is 12.5 Å². The first kappa shape index (κ1) is 12.5. The zero-order chi connectivity index (χ0) is 10.8. The van der Waals surface area contributed by atoms with Gasteiger partial charge in [0.25, 0.3) is 0 Å². The molecule has 0 spiro atoms. The molecule has 0 aliphatic carbocycles. The van der Waals surface area contributed by atoms with Gasteiger partial charge in [-0.15, -0.1) is 0 Å². The molecule has 0 N–H and O–H groups in total. The van der Waals surface area contributed by atoms with Crippen LogP contribution >= 0.6 is 0 Å². The third kappa shape index (κ3) is 6.48.